The van der Waals surface area contributed by atoms with Crippen LogP contribution in [0, 0.1) is 13.8 Å². The van der Waals surface area contributed by atoms with Gasteiger partial charge in [-0.3, -0.25) is 9.10 Å². The summed E-state index contributed by atoms with van der Waals surface area (Å²) in [5, 5.41) is 2.87. The zero-order valence-corrected chi connectivity index (χ0v) is 20.9. The Kier molecular flexibility index (Phi) is 8.34. The molecule has 0 spiro atoms. The minimum atomic E-state index is -3.95. The summed E-state index contributed by atoms with van der Waals surface area (Å²) in [4.78, 5) is 13.1. The standard InChI is InChI=1S/C27H32N2O4S/c1-5-23-11-7-8-12-25(23)29(34(31,32)24-16-14-20(2)15-17-24)18-27(30)28-22(4)19-33-26-13-9-6-10-21(26)3/h6-17,22H,5,18-19H2,1-4H3,(H,28,30). The lowest BCUT2D eigenvalue weighted by Crippen LogP contribution is -2.45. The van der Waals surface area contributed by atoms with E-state index in [-0.39, 0.29) is 24.1 Å². The molecule has 1 N–H and O–H groups in total. The molecule has 0 bridgehead atoms. The third kappa shape index (κ3) is 6.17. The minimum absolute atomic E-state index is 0.146. The van der Waals surface area contributed by atoms with Crippen LogP contribution in [-0.4, -0.2) is 33.5 Å². The van der Waals surface area contributed by atoms with Gasteiger partial charge in [0.25, 0.3) is 10.0 Å². The van der Waals surface area contributed by atoms with Crippen LogP contribution in [0.2, 0.25) is 0 Å². The fourth-order valence-electron chi connectivity index (χ4n) is 3.62. The van der Waals surface area contributed by atoms with Gasteiger partial charge in [-0.05, 0) is 62.6 Å². The quantitative estimate of drug-likeness (QED) is 0.459. The first-order valence-electron chi connectivity index (χ1n) is 11.4. The van der Waals surface area contributed by atoms with Gasteiger partial charge >= 0.3 is 0 Å². The predicted octanol–water partition coefficient (Wildman–Crippen LogP) is 4.64. The van der Waals surface area contributed by atoms with Gasteiger partial charge in [0.05, 0.1) is 16.6 Å². The van der Waals surface area contributed by atoms with Crippen LogP contribution >= 0.6 is 0 Å². The highest BCUT2D eigenvalue weighted by Crippen LogP contribution is 2.27. The number of carbonyl (C=O) groups is 1. The lowest BCUT2D eigenvalue weighted by molar-refractivity contribution is -0.120. The van der Waals surface area contributed by atoms with Gasteiger partial charge in [0, 0.05) is 0 Å². The Hall–Kier alpha value is -3.32. The second kappa shape index (κ2) is 11.2. The number of amides is 1. The van der Waals surface area contributed by atoms with Crippen molar-refractivity contribution in [3.05, 3.63) is 89.5 Å². The largest absolute Gasteiger partial charge is 0.491 e. The first kappa shape index (κ1) is 25.3. The van der Waals surface area contributed by atoms with E-state index in [9.17, 15) is 13.2 Å². The Labute approximate surface area is 202 Å². The number of ether oxygens (including phenoxy) is 1. The maximum absolute atomic E-state index is 13.6. The second-order valence-corrected chi connectivity index (χ2v) is 10.2. The van der Waals surface area contributed by atoms with Crippen LogP contribution in [0.1, 0.15) is 30.5 Å². The van der Waals surface area contributed by atoms with Crippen molar-refractivity contribution in [1.29, 1.82) is 0 Å². The first-order valence-corrected chi connectivity index (χ1v) is 12.8. The molecule has 0 fully saturated rings. The van der Waals surface area contributed by atoms with Crippen molar-refractivity contribution in [3.63, 3.8) is 0 Å². The van der Waals surface area contributed by atoms with Crippen LogP contribution in [-0.2, 0) is 21.2 Å². The van der Waals surface area contributed by atoms with Crippen molar-refractivity contribution in [3.8, 4) is 5.75 Å². The third-order valence-corrected chi connectivity index (χ3v) is 7.30. The molecule has 34 heavy (non-hydrogen) atoms. The topological polar surface area (TPSA) is 75.7 Å². The average Bonchev–Trinajstić information content (AvgIpc) is 2.82. The van der Waals surface area contributed by atoms with Gasteiger partial charge in [-0.1, -0.05) is 61.0 Å². The molecule has 0 radical (unpaired) electrons. The molecule has 0 heterocycles. The molecule has 0 aliphatic heterocycles. The fourth-order valence-corrected chi connectivity index (χ4v) is 5.07. The number of aryl methyl sites for hydroxylation is 3. The van der Waals surface area contributed by atoms with Gasteiger partial charge in [0.2, 0.25) is 5.91 Å². The molecule has 0 aliphatic rings. The number of nitrogens with one attached hydrogen (secondary N) is 1. The molecule has 0 saturated carbocycles. The molecular formula is C27H32N2O4S. The van der Waals surface area contributed by atoms with Crippen molar-refractivity contribution in [2.75, 3.05) is 17.5 Å². The summed E-state index contributed by atoms with van der Waals surface area (Å²) in [7, 11) is -3.95. The molecule has 0 saturated heterocycles. The number of benzene rings is 3. The fraction of sp³-hybridized carbons (Fsp3) is 0.296. The highest BCUT2D eigenvalue weighted by Gasteiger charge is 2.29. The summed E-state index contributed by atoms with van der Waals surface area (Å²) in [5.74, 6) is 0.353. The van der Waals surface area contributed by atoms with E-state index >= 15 is 0 Å². The van der Waals surface area contributed by atoms with Gasteiger partial charge in [-0.2, -0.15) is 0 Å². The molecule has 1 atom stereocenters. The van der Waals surface area contributed by atoms with Crippen LogP contribution in [0.4, 0.5) is 5.69 Å². The molecule has 7 heteroatoms. The number of rotatable bonds is 10. The van der Waals surface area contributed by atoms with E-state index in [2.05, 4.69) is 5.32 Å². The Morgan fingerprint density at radius 3 is 2.29 bits per heavy atom. The predicted molar refractivity (Wildman–Crippen MR) is 136 cm³/mol. The highest BCUT2D eigenvalue weighted by atomic mass is 32.2. The van der Waals surface area contributed by atoms with Crippen molar-refractivity contribution in [2.45, 2.75) is 45.1 Å². The molecule has 3 aromatic carbocycles. The van der Waals surface area contributed by atoms with E-state index in [1.54, 1.807) is 36.4 Å². The van der Waals surface area contributed by atoms with Crippen LogP contribution in [0.25, 0.3) is 0 Å². The van der Waals surface area contributed by atoms with Crippen molar-refractivity contribution < 1.29 is 17.9 Å². The van der Waals surface area contributed by atoms with Crippen LogP contribution < -0.4 is 14.4 Å². The van der Waals surface area contributed by atoms with Crippen molar-refractivity contribution in [1.82, 2.24) is 5.32 Å². The van der Waals surface area contributed by atoms with E-state index in [4.69, 9.17) is 4.74 Å². The summed E-state index contributed by atoms with van der Waals surface area (Å²) < 4.78 is 34.2. The zero-order chi connectivity index (χ0) is 24.7. The molecule has 180 valence electrons. The minimum Gasteiger partial charge on any atom is -0.491 e. The highest BCUT2D eigenvalue weighted by molar-refractivity contribution is 7.92. The van der Waals surface area contributed by atoms with Gasteiger partial charge in [0.15, 0.2) is 0 Å². The third-order valence-electron chi connectivity index (χ3n) is 5.53. The second-order valence-electron chi connectivity index (χ2n) is 8.35. The zero-order valence-electron chi connectivity index (χ0n) is 20.1. The smallest absolute Gasteiger partial charge is 0.264 e. The number of carbonyl (C=O) groups excluding carboxylic acids is 1. The number of hydrogen-bond acceptors (Lipinski definition) is 4. The van der Waals surface area contributed by atoms with Gasteiger partial charge in [-0.25, -0.2) is 8.42 Å². The van der Waals surface area contributed by atoms with Crippen LogP contribution in [0.15, 0.2) is 77.7 Å². The lowest BCUT2D eigenvalue weighted by atomic mass is 10.1. The Bertz CT molecular complexity index is 1220. The molecule has 3 rings (SSSR count). The van der Waals surface area contributed by atoms with Gasteiger partial charge in [0.1, 0.15) is 18.9 Å². The van der Waals surface area contributed by atoms with Crippen molar-refractivity contribution >= 4 is 21.6 Å². The summed E-state index contributed by atoms with van der Waals surface area (Å²) >= 11 is 0. The van der Waals surface area contributed by atoms with E-state index in [1.807, 2.05) is 64.1 Å². The Morgan fingerprint density at radius 2 is 1.62 bits per heavy atom. The summed E-state index contributed by atoms with van der Waals surface area (Å²) in [6, 6.07) is 21.3. The van der Waals surface area contributed by atoms with Crippen molar-refractivity contribution in [2.24, 2.45) is 0 Å². The normalized spacial score (nSPS) is 12.1. The molecule has 1 unspecified atom stereocenters. The van der Waals surface area contributed by atoms with E-state index in [1.165, 1.54) is 4.31 Å². The molecule has 6 nitrogen and oxygen atoms in total. The van der Waals surface area contributed by atoms with Crippen LogP contribution in [0.5, 0.6) is 5.75 Å². The number of para-hydroxylation sites is 2. The summed E-state index contributed by atoms with van der Waals surface area (Å²) in [6.45, 7) is 7.58. The van der Waals surface area contributed by atoms with E-state index in [0.29, 0.717) is 12.1 Å². The summed E-state index contributed by atoms with van der Waals surface area (Å²) in [6.07, 6.45) is 0.637. The van der Waals surface area contributed by atoms with Gasteiger partial charge in [-0.15, -0.1) is 0 Å². The Morgan fingerprint density at radius 1 is 0.971 bits per heavy atom. The number of sulfonamides is 1. The first-order chi connectivity index (χ1) is 16.2. The SMILES string of the molecule is CCc1ccccc1N(CC(=O)NC(C)COc1ccccc1C)S(=O)(=O)c1ccc(C)cc1. The monoisotopic (exact) mass is 480 g/mol. The number of anilines is 1. The lowest BCUT2D eigenvalue weighted by Gasteiger charge is -2.27. The average molecular weight is 481 g/mol. The molecule has 3 aromatic rings. The molecule has 1 amide bonds. The molecular weight excluding hydrogens is 448 g/mol. The van der Waals surface area contributed by atoms with E-state index in [0.717, 1.165) is 22.4 Å². The van der Waals surface area contributed by atoms with Crippen LogP contribution in [0.3, 0.4) is 0 Å². The van der Waals surface area contributed by atoms with E-state index < -0.39 is 15.9 Å². The molecule has 0 aliphatic carbocycles. The number of nitrogens with zero attached hydrogens (tertiary/aromatic N) is 1. The maximum Gasteiger partial charge on any atom is 0.264 e. The number of hydrogen-bond donors (Lipinski definition) is 1. The summed E-state index contributed by atoms with van der Waals surface area (Å²) in [5.41, 5.74) is 3.32. The van der Waals surface area contributed by atoms with Gasteiger partial charge < -0.3 is 10.1 Å². The molecule has 0 aromatic heterocycles. The Balaban J connectivity index is 1.80. The maximum atomic E-state index is 13.6.